The summed E-state index contributed by atoms with van der Waals surface area (Å²) in [5.41, 5.74) is -0.550. The summed E-state index contributed by atoms with van der Waals surface area (Å²) in [7, 11) is 0. The molecule has 0 bridgehead atoms. The summed E-state index contributed by atoms with van der Waals surface area (Å²) in [5, 5.41) is 17.5. The number of esters is 1. The summed E-state index contributed by atoms with van der Waals surface area (Å²) in [6.07, 6.45) is 1.82. The third-order valence-corrected chi connectivity index (χ3v) is 3.80. The Morgan fingerprint density at radius 1 is 1.15 bits per heavy atom. The average Bonchev–Trinajstić information content (AvgIpc) is 2.60. The number of carbonyl (C=O) groups excluding carboxylic acids is 1. The van der Waals surface area contributed by atoms with Crippen LogP contribution in [0.25, 0.3) is 0 Å². The number of hydrogen-bond acceptors (Lipinski definition) is 8. The maximum atomic E-state index is 12.1. The second-order valence-electron chi connectivity index (χ2n) is 6.45. The van der Waals surface area contributed by atoms with E-state index < -0.39 is 17.8 Å². The third-order valence-electron chi connectivity index (χ3n) is 3.80. The lowest BCUT2D eigenvalue weighted by atomic mass is 9.91. The SMILES string of the molecule is C=COCOCC(COC(=O)C(C)(C)CC)OCOCCCCC(O)O. The Morgan fingerprint density at radius 3 is 2.50 bits per heavy atom. The Balaban J connectivity index is 4.13. The first kappa shape index (κ1) is 24.8. The predicted octanol–water partition coefficient (Wildman–Crippen LogP) is 1.94. The molecule has 0 aromatic heterocycles. The van der Waals surface area contributed by atoms with E-state index in [-0.39, 0.29) is 32.8 Å². The lowest BCUT2D eigenvalue weighted by molar-refractivity contribution is -0.170. The molecule has 0 aliphatic rings. The van der Waals surface area contributed by atoms with Crippen molar-refractivity contribution in [2.45, 2.75) is 58.8 Å². The lowest BCUT2D eigenvalue weighted by Crippen LogP contribution is -2.33. The van der Waals surface area contributed by atoms with Crippen molar-refractivity contribution in [3.63, 3.8) is 0 Å². The molecule has 0 fully saturated rings. The van der Waals surface area contributed by atoms with Crippen molar-refractivity contribution in [3.8, 4) is 0 Å². The fourth-order valence-electron chi connectivity index (χ4n) is 1.66. The maximum absolute atomic E-state index is 12.1. The number of rotatable bonds is 17. The smallest absolute Gasteiger partial charge is 0.311 e. The van der Waals surface area contributed by atoms with Gasteiger partial charge in [0.2, 0.25) is 0 Å². The molecule has 0 amide bonds. The molecule has 8 heteroatoms. The lowest BCUT2D eigenvalue weighted by Gasteiger charge is -2.23. The van der Waals surface area contributed by atoms with Crippen LogP contribution in [0.1, 0.15) is 46.5 Å². The topological polar surface area (TPSA) is 104 Å². The summed E-state index contributed by atoms with van der Waals surface area (Å²) in [4.78, 5) is 12.1. The minimum atomic E-state index is -1.28. The van der Waals surface area contributed by atoms with Gasteiger partial charge in [-0.3, -0.25) is 4.79 Å². The van der Waals surface area contributed by atoms with Gasteiger partial charge in [-0.15, -0.1) is 0 Å². The molecule has 0 aliphatic heterocycles. The first-order valence-electron chi connectivity index (χ1n) is 8.86. The van der Waals surface area contributed by atoms with Crippen molar-refractivity contribution in [2.75, 3.05) is 33.4 Å². The van der Waals surface area contributed by atoms with Crippen LogP contribution < -0.4 is 0 Å². The first-order valence-corrected chi connectivity index (χ1v) is 8.86. The van der Waals surface area contributed by atoms with Gasteiger partial charge in [0.1, 0.15) is 19.5 Å². The molecule has 0 aromatic carbocycles. The van der Waals surface area contributed by atoms with Gasteiger partial charge in [-0.25, -0.2) is 0 Å². The van der Waals surface area contributed by atoms with E-state index in [0.717, 1.165) is 0 Å². The Morgan fingerprint density at radius 2 is 1.88 bits per heavy atom. The molecule has 0 radical (unpaired) electrons. The van der Waals surface area contributed by atoms with E-state index in [1.807, 2.05) is 20.8 Å². The Bertz CT molecular complexity index is 370. The normalized spacial score (nSPS) is 12.8. The molecule has 0 heterocycles. The molecular weight excluding hydrogens is 344 g/mol. The molecule has 0 saturated heterocycles. The van der Waals surface area contributed by atoms with E-state index in [9.17, 15) is 4.79 Å². The Labute approximate surface area is 156 Å². The van der Waals surface area contributed by atoms with Crippen LogP contribution in [0.5, 0.6) is 0 Å². The number of aliphatic hydroxyl groups excluding tert-OH is 1. The summed E-state index contributed by atoms with van der Waals surface area (Å²) in [6.45, 7) is 9.70. The largest absolute Gasteiger partial charge is 0.476 e. The molecule has 0 aliphatic carbocycles. The standard InChI is InChI=1S/C18H34O8/c1-5-18(3,4)17(21)25-12-15(11-24-13-22-6-2)26-14-23-10-8-7-9-16(19)20/h6,15-16,19-20H,2,5,7-14H2,1,3-4H3. The van der Waals surface area contributed by atoms with Crippen LogP contribution in [-0.4, -0.2) is 62.0 Å². The minimum Gasteiger partial charge on any atom is -0.476 e. The van der Waals surface area contributed by atoms with E-state index in [2.05, 4.69) is 6.58 Å². The minimum absolute atomic E-state index is 0.0206. The first-order chi connectivity index (χ1) is 12.3. The molecule has 0 spiro atoms. The molecule has 0 aromatic rings. The van der Waals surface area contributed by atoms with Crippen molar-refractivity contribution >= 4 is 5.97 Å². The third kappa shape index (κ3) is 13.1. The number of aliphatic hydroxyl groups is 2. The van der Waals surface area contributed by atoms with Gasteiger partial charge >= 0.3 is 5.97 Å². The van der Waals surface area contributed by atoms with Crippen molar-refractivity contribution in [1.29, 1.82) is 0 Å². The van der Waals surface area contributed by atoms with E-state index in [1.54, 1.807) is 0 Å². The monoisotopic (exact) mass is 378 g/mol. The van der Waals surface area contributed by atoms with Gasteiger partial charge < -0.3 is 33.9 Å². The Hall–Kier alpha value is -1.19. The van der Waals surface area contributed by atoms with Crippen LogP contribution in [0.4, 0.5) is 0 Å². The number of carbonyl (C=O) groups is 1. The van der Waals surface area contributed by atoms with Crippen LogP contribution in [0.2, 0.25) is 0 Å². The average molecular weight is 378 g/mol. The van der Waals surface area contributed by atoms with Crippen molar-refractivity contribution < 1.29 is 38.7 Å². The Kier molecular flexibility index (Phi) is 14.2. The van der Waals surface area contributed by atoms with Crippen LogP contribution in [0.15, 0.2) is 12.8 Å². The van der Waals surface area contributed by atoms with Gasteiger partial charge in [0.05, 0.1) is 18.3 Å². The molecule has 2 N–H and O–H groups in total. The second kappa shape index (κ2) is 14.9. The highest BCUT2D eigenvalue weighted by atomic mass is 16.7. The summed E-state index contributed by atoms with van der Waals surface area (Å²) in [5.74, 6) is -0.292. The zero-order chi connectivity index (χ0) is 19.8. The summed E-state index contributed by atoms with van der Waals surface area (Å²) in [6, 6.07) is 0. The van der Waals surface area contributed by atoms with Gasteiger partial charge in [-0.05, 0) is 39.5 Å². The van der Waals surface area contributed by atoms with Gasteiger partial charge in [0.15, 0.2) is 13.1 Å². The van der Waals surface area contributed by atoms with Crippen molar-refractivity contribution in [1.82, 2.24) is 0 Å². The van der Waals surface area contributed by atoms with Gasteiger partial charge in [-0.2, -0.15) is 0 Å². The van der Waals surface area contributed by atoms with E-state index in [1.165, 1.54) is 6.26 Å². The molecular formula is C18H34O8. The second-order valence-corrected chi connectivity index (χ2v) is 6.45. The zero-order valence-corrected chi connectivity index (χ0v) is 16.1. The van der Waals surface area contributed by atoms with E-state index >= 15 is 0 Å². The van der Waals surface area contributed by atoms with Gasteiger partial charge in [-0.1, -0.05) is 13.5 Å². The fourth-order valence-corrected chi connectivity index (χ4v) is 1.66. The van der Waals surface area contributed by atoms with Crippen LogP contribution in [0, 0.1) is 5.41 Å². The molecule has 1 atom stereocenters. The molecule has 0 saturated carbocycles. The molecule has 154 valence electrons. The van der Waals surface area contributed by atoms with E-state index in [0.29, 0.717) is 32.3 Å². The highest BCUT2D eigenvalue weighted by Crippen LogP contribution is 2.21. The molecule has 1 unspecified atom stereocenters. The van der Waals surface area contributed by atoms with Crippen LogP contribution >= 0.6 is 0 Å². The zero-order valence-electron chi connectivity index (χ0n) is 16.1. The maximum Gasteiger partial charge on any atom is 0.311 e. The quantitative estimate of drug-likeness (QED) is 0.171. The fraction of sp³-hybridized carbons (Fsp3) is 0.833. The molecule has 0 rings (SSSR count). The van der Waals surface area contributed by atoms with Gasteiger partial charge in [0, 0.05) is 6.61 Å². The highest BCUT2D eigenvalue weighted by molar-refractivity contribution is 5.75. The van der Waals surface area contributed by atoms with Gasteiger partial charge in [0.25, 0.3) is 0 Å². The summed E-state index contributed by atoms with van der Waals surface area (Å²) < 4.78 is 26.4. The van der Waals surface area contributed by atoms with Crippen molar-refractivity contribution in [3.05, 3.63) is 12.8 Å². The highest BCUT2D eigenvalue weighted by Gasteiger charge is 2.28. The predicted molar refractivity (Wildman–Crippen MR) is 94.9 cm³/mol. The number of ether oxygens (including phenoxy) is 5. The molecule has 26 heavy (non-hydrogen) atoms. The summed E-state index contributed by atoms with van der Waals surface area (Å²) >= 11 is 0. The van der Waals surface area contributed by atoms with Crippen LogP contribution in [0.3, 0.4) is 0 Å². The van der Waals surface area contributed by atoms with E-state index in [4.69, 9.17) is 33.9 Å². The van der Waals surface area contributed by atoms with Crippen LogP contribution in [-0.2, 0) is 28.5 Å². The number of unbranched alkanes of at least 4 members (excludes halogenated alkanes) is 1. The van der Waals surface area contributed by atoms with Crippen molar-refractivity contribution in [2.24, 2.45) is 5.41 Å². The number of hydrogen-bond donors (Lipinski definition) is 2. The molecule has 8 nitrogen and oxygen atoms in total.